The Labute approximate surface area is 137 Å². The molecule has 1 saturated heterocycles. The zero-order valence-corrected chi connectivity index (χ0v) is 12.9. The second-order valence-electron chi connectivity index (χ2n) is 5.95. The number of aromatic nitrogens is 2. The van der Waals surface area contributed by atoms with Crippen LogP contribution < -0.4 is 0 Å². The van der Waals surface area contributed by atoms with Gasteiger partial charge in [-0.1, -0.05) is 17.7 Å². The Balaban J connectivity index is 1.77. The number of aliphatic hydroxyl groups is 1. The molecule has 0 atom stereocenters. The molecule has 4 nitrogen and oxygen atoms in total. The first-order valence-corrected chi connectivity index (χ1v) is 7.62. The maximum absolute atomic E-state index is 13.6. The molecule has 4 rings (SSSR count). The molecular formula is C17H14ClFN2O2. The van der Waals surface area contributed by atoms with Crippen molar-refractivity contribution in [3.8, 4) is 11.1 Å². The fourth-order valence-corrected chi connectivity index (χ4v) is 3.05. The zero-order chi connectivity index (χ0) is 16.0. The Kier molecular flexibility index (Phi) is 3.37. The Morgan fingerprint density at radius 1 is 1.22 bits per heavy atom. The summed E-state index contributed by atoms with van der Waals surface area (Å²) in [5, 5.41) is 10.6. The van der Waals surface area contributed by atoms with Crippen LogP contribution in [-0.2, 0) is 11.3 Å². The molecule has 0 saturated carbocycles. The summed E-state index contributed by atoms with van der Waals surface area (Å²) < 4.78 is 20.5. The molecule has 2 aromatic carbocycles. The number of rotatable bonds is 3. The second-order valence-corrected chi connectivity index (χ2v) is 6.39. The first-order chi connectivity index (χ1) is 11.0. The summed E-state index contributed by atoms with van der Waals surface area (Å²) in [7, 11) is 0. The predicted molar refractivity (Wildman–Crippen MR) is 85.9 cm³/mol. The van der Waals surface area contributed by atoms with Gasteiger partial charge in [-0.25, -0.2) is 9.37 Å². The van der Waals surface area contributed by atoms with E-state index in [4.69, 9.17) is 16.3 Å². The molecule has 1 aliphatic heterocycles. The van der Waals surface area contributed by atoms with E-state index in [0.29, 0.717) is 30.3 Å². The molecule has 2 heterocycles. The average molecular weight is 333 g/mol. The summed E-state index contributed by atoms with van der Waals surface area (Å²) in [5.74, 6) is -0.373. The van der Waals surface area contributed by atoms with Crippen molar-refractivity contribution in [3.05, 3.63) is 53.6 Å². The maximum atomic E-state index is 13.6. The Bertz CT molecular complexity index is 869. The van der Waals surface area contributed by atoms with Gasteiger partial charge in [-0.05, 0) is 41.5 Å². The summed E-state index contributed by atoms with van der Waals surface area (Å²) >= 11 is 5.94. The van der Waals surface area contributed by atoms with Gasteiger partial charge in [0, 0.05) is 5.02 Å². The SMILES string of the molecule is OC1(Cn2cnc3ccc(-c4cc(F)cc(Cl)c4)cc32)COC1. The molecule has 0 aliphatic carbocycles. The minimum Gasteiger partial charge on any atom is -0.383 e. The highest BCUT2D eigenvalue weighted by Gasteiger charge is 2.36. The Hall–Kier alpha value is -1.95. The van der Waals surface area contributed by atoms with Gasteiger partial charge >= 0.3 is 0 Å². The van der Waals surface area contributed by atoms with E-state index in [1.807, 2.05) is 22.8 Å². The van der Waals surface area contributed by atoms with Crippen molar-refractivity contribution in [1.82, 2.24) is 9.55 Å². The number of fused-ring (bicyclic) bond motifs is 1. The third-order valence-corrected chi connectivity index (χ3v) is 4.24. The Morgan fingerprint density at radius 3 is 2.74 bits per heavy atom. The maximum Gasteiger partial charge on any atom is 0.129 e. The van der Waals surface area contributed by atoms with E-state index in [-0.39, 0.29) is 5.82 Å². The highest BCUT2D eigenvalue weighted by atomic mass is 35.5. The third-order valence-electron chi connectivity index (χ3n) is 4.02. The van der Waals surface area contributed by atoms with Crippen molar-refractivity contribution >= 4 is 22.6 Å². The van der Waals surface area contributed by atoms with Gasteiger partial charge in [-0.3, -0.25) is 0 Å². The van der Waals surface area contributed by atoms with Crippen molar-refractivity contribution in [2.24, 2.45) is 0 Å². The first-order valence-electron chi connectivity index (χ1n) is 7.24. The van der Waals surface area contributed by atoms with Gasteiger partial charge in [-0.2, -0.15) is 0 Å². The summed E-state index contributed by atoms with van der Waals surface area (Å²) in [4.78, 5) is 4.34. The lowest BCUT2D eigenvalue weighted by atomic mass is 10.0. The second kappa shape index (κ2) is 5.30. The molecule has 0 bridgehead atoms. The molecule has 1 aromatic heterocycles. The van der Waals surface area contributed by atoms with E-state index in [2.05, 4.69) is 4.98 Å². The largest absolute Gasteiger partial charge is 0.383 e. The monoisotopic (exact) mass is 332 g/mol. The number of benzene rings is 2. The lowest BCUT2D eigenvalue weighted by Gasteiger charge is -2.36. The molecule has 118 valence electrons. The molecule has 1 N–H and O–H groups in total. The third kappa shape index (κ3) is 2.72. The number of ether oxygens (including phenoxy) is 1. The van der Waals surface area contributed by atoms with Crippen LogP contribution in [0.5, 0.6) is 0 Å². The minimum absolute atomic E-state index is 0.325. The molecule has 0 spiro atoms. The van der Waals surface area contributed by atoms with Crippen molar-refractivity contribution < 1.29 is 14.2 Å². The molecular weight excluding hydrogens is 319 g/mol. The normalized spacial score (nSPS) is 16.5. The van der Waals surface area contributed by atoms with E-state index in [0.717, 1.165) is 16.6 Å². The van der Waals surface area contributed by atoms with Crippen molar-refractivity contribution in [2.75, 3.05) is 13.2 Å². The van der Waals surface area contributed by atoms with E-state index in [9.17, 15) is 9.50 Å². The van der Waals surface area contributed by atoms with E-state index >= 15 is 0 Å². The molecule has 0 radical (unpaired) electrons. The van der Waals surface area contributed by atoms with Gasteiger partial charge < -0.3 is 14.4 Å². The Morgan fingerprint density at radius 2 is 2.04 bits per heavy atom. The minimum atomic E-state index is -0.841. The summed E-state index contributed by atoms with van der Waals surface area (Å²) in [6.07, 6.45) is 1.70. The smallest absolute Gasteiger partial charge is 0.129 e. The van der Waals surface area contributed by atoms with Crippen LogP contribution in [0.15, 0.2) is 42.7 Å². The number of hydrogen-bond acceptors (Lipinski definition) is 3. The zero-order valence-electron chi connectivity index (χ0n) is 12.2. The van der Waals surface area contributed by atoms with Crippen LogP contribution in [0.25, 0.3) is 22.2 Å². The van der Waals surface area contributed by atoms with E-state index in [1.54, 1.807) is 12.4 Å². The molecule has 1 fully saturated rings. The molecule has 6 heteroatoms. The predicted octanol–water partition coefficient (Wildman–Crippen LogP) is 3.26. The quantitative estimate of drug-likeness (QED) is 0.801. The van der Waals surface area contributed by atoms with Crippen LogP contribution in [0.1, 0.15) is 0 Å². The van der Waals surface area contributed by atoms with Gasteiger partial charge in [0.05, 0.1) is 37.1 Å². The molecule has 23 heavy (non-hydrogen) atoms. The topological polar surface area (TPSA) is 47.3 Å². The van der Waals surface area contributed by atoms with E-state index < -0.39 is 5.60 Å². The lowest BCUT2D eigenvalue weighted by molar-refractivity contribution is -0.184. The van der Waals surface area contributed by atoms with Crippen molar-refractivity contribution in [3.63, 3.8) is 0 Å². The van der Waals surface area contributed by atoms with Gasteiger partial charge in [0.25, 0.3) is 0 Å². The van der Waals surface area contributed by atoms with Crippen LogP contribution in [-0.4, -0.2) is 33.5 Å². The highest BCUT2D eigenvalue weighted by molar-refractivity contribution is 6.30. The summed E-state index contributed by atoms with van der Waals surface area (Å²) in [5.41, 5.74) is 2.40. The number of imidazole rings is 1. The highest BCUT2D eigenvalue weighted by Crippen LogP contribution is 2.28. The summed E-state index contributed by atoms with van der Waals surface area (Å²) in [6.45, 7) is 1.06. The standard InChI is InChI=1S/C17H14ClFN2O2/c18-13-3-12(4-14(19)6-13)11-1-2-15-16(5-11)21(10-20-15)7-17(22)8-23-9-17/h1-6,10,22H,7-9H2. The molecule has 0 unspecified atom stereocenters. The lowest BCUT2D eigenvalue weighted by Crippen LogP contribution is -2.52. The van der Waals surface area contributed by atoms with Crippen LogP contribution in [0.3, 0.4) is 0 Å². The van der Waals surface area contributed by atoms with Crippen LogP contribution >= 0.6 is 11.6 Å². The van der Waals surface area contributed by atoms with Gasteiger partial charge in [-0.15, -0.1) is 0 Å². The fraction of sp³-hybridized carbons (Fsp3) is 0.235. The number of nitrogens with zero attached hydrogens (tertiary/aromatic N) is 2. The van der Waals surface area contributed by atoms with Gasteiger partial charge in [0.15, 0.2) is 0 Å². The first kappa shape index (κ1) is 14.6. The van der Waals surface area contributed by atoms with Crippen molar-refractivity contribution in [1.29, 1.82) is 0 Å². The molecule has 3 aromatic rings. The summed E-state index contributed by atoms with van der Waals surface area (Å²) in [6, 6.07) is 10.1. The number of halogens is 2. The van der Waals surface area contributed by atoms with Gasteiger partial charge in [0.1, 0.15) is 11.4 Å². The van der Waals surface area contributed by atoms with Crippen LogP contribution in [0.2, 0.25) is 5.02 Å². The molecule has 0 amide bonds. The fourth-order valence-electron chi connectivity index (χ4n) is 2.83. The van der Waals surface area contributed by atoms with Gasteiger partial charge in [0.2, 0.25) is 0 Å². The molecule has 1 aliphatic rings. The van der Waals surface area contributed by atoms with E-state index in [1.165, 1.54) is 12.1 Å². The average Bonchev–Trinajstić information content (AvgIpc) is 2.87. The number of hydrogen-bond donors (Lipinski definition) is 1. The van der Waals surface area contributed by atoms with Crippen LogP contribution in [0.4, 0.5) is 4.39 Å². The van der Waals surface area contributed by atoms with Crippen molar-refractivity contribution in [2.45, 2.75) is 12.1 Å². The van der Waals surface area contributed by atoms with Crippen LogP contribution in [0, 0.1) is 5.82 Å².